The van der Waals surface area contributed by atoms with Crippen LogP contribution in [0.3, 0.4) is 0 Å². The first kappa shape index (κ1) is 15.0. The highest BCUT2D eigenvalue weighted by molar-refractivity contribution is 5.81. The molecule has 2 rings (SSSR count). The minimum atomic E-state index is -0.568. The van der Waals surface area contributed by atoms with Gasteiger partial charge in [0.25, 0.3) is 0 Å². The molecular weight excluding hydrogens is 256 g/mol. The number of methoxy groups -OCH3 is 1. The number of aromatic nitrogens is 3. The van der Waals surface area contributed by atoms with Crippen molar-refractivity contribution >= 4 is 5.97 Å². The molecule has 0 aromatic carbocycles. The van der Waals surface area contributed by atoms with Crippen LogP contribution in [-0.4, -0.2) is 39.9 Å². The third kappa shape index (κ3) is 2.70. The molecule has 1 saturated carbocycles. The van der Waals surface area contributed by atoms with Crippen LogP contribution in [-0.2, 0) is 9.53 Å². The van der Waals surface area contributed by atoms with Crippen LogP contribution in [0.1, 0.15) is 50.3 Å². The zero-order valence-corrected chi connectivity index (χ0v) is 12.8. The molecule has 1 aromatic rings. The summed E-state index contributed by atoms with van der Waals surface area (Å²) in [4.78, 5) is 16.5. The molecule has 0 bridgehead atoms. The number of hydrogen-bond acceptors (Lipinski definition) is 5. The second-order valence-corrected chi connectivity index (χ2v) is 5.55. The van der Waals surface area contributed by atoms with Crippen LogP contribution >= 0.6 is 0 Å². The van der Waals surface area contributed by atoms with E-state index < -0.39 is 5.54 Å². The number of nitrogens with zero attached hydrogens (tertiary/aromatic N) is 3. The first-order chi connectivity index (χ1) is 9.52. The van der Waals surface area contributed by atoms with Gasteiger partial charge in [-0.1, -0.05) is 6.92 Å². The van der Waals surface area contributed by atoms with Crippen molar-refractivity contribution < 1.29 is 9.53 Å². The topological polar surface area (TPSA) is 69.0 Å². The first-order valence-corrected chi connectivity index (χ1v) is 7.25. The quantitative estimate of drug-likeness (QED) is 0.828. The summed E-state index contributed by atoms with van der Waals surface area (Å²) in [6.45, 7) is 6.76. The lowest BCUT2D eigenvalue weighted by Crippen LogP contribution is -2.51. The summed E-state index contributed by atoms with van der Waals surface area (Å²) < 4.78 is 6.96. The Kier molecular flexibility index (Phi) is 4.42. The summed E-state index contributed by atoms with van der Waals surface area (Å²) in [6.07, 6.45) is 3.40. The van der Waals surface area contributed by atoms with Crippen molar-refractivity contribution in [2.75, 3.05) is 13.7 Å². The number of aryl methyl sites for hydroxylation is 2. The summed E-state index contributed by atoms with van der Waals surface area (Å²) in [5.41, 5.74) is -0.568. The number of esters is 1. The molecule has 6 heteroatoms. The average molecular weight is 280 g/mol. The lowest BCUT2D eigenvalue weighted by atomic mass is 9.97. The Labute approximate surface area is 119 Å². The molecule has 2 atom stereocenters. The van der Waals surface area contributed by atoms with Crippen LogP contribution in [0.4, 0.5) is 0 Å². The normalized spacial score (nSPS) is 25.9. The van der Waals surface area contributed by atoms with E-state index in [1.165, 1.54) is 7.11 Å². The zero-order chi connectivity index (χ0) is 14.8. The van der Waals surface area contributed by atoms with Crippen LogP contribution < -0.4 is 5.32 Å². The van der Waals surface area contributed by atoms with E-state index in [0.717, 1.165) is 37.5 Å². The Hall–Kier alpha value is -1.43. The predicted molar refractivity (Wildman–Crippen MR) is 75.4 cm³/mol. The van der Waals surface area contributed by atoms with Crippen LogP contribution in [0.2, 0.25) is 0 Å². The maximum absolute atomic E-state index is 12.2. The Balaban J connectivity index is 2.18. The number of rotatable bonds is 5. The van der Waals surface area contributed by atoms with Gasteiger partial charge < -0.3 is 10.1 Å². The summed E-state index contributed by atoms with van der Waals surface area (Å²) in [6, 6.07) is 0.208. The fourth-order valence-corrected chi connectivity index (χ4v) is 3.09. The fourth-order valence-electron chi connectivity index (χ4n) is 3.09. The molecule has 0 spiro atoms. The fraction of sp³-hybridized carbons (Fsp3) is 0.786. The highest BCUT2D eigenvalue weighted by Gasteiger charge is 2.47. The predicted octanol–water partition coefficient (Wildman–Crippen LogP) is 1.53. The summed E-state index contributed by atoms with van der Waals surface area (Å²) in [7, 11) is 1.45. The molecule has 2 unspecified atom stereocenters. The van der Waals surface area contributed by atoms with Gasteiger partial charge in [-0.25, -0.2) is 9.67 Å². The Morgan fingerprint density at radius 2 is 2.30 bits per heavy atom. The third-order valence-electron chi connectivity index (χ3n) is 4.03. The number of ether oxygens (including phenoxy) is 1. The molecule has 0 radical (unpaired) electrons. The Bertz CT molecular complexity index is 486. The maximum atomic E-state index is 12.2. The van der Waals surface area contributed by atoms with E-state index in [1.54, 1.807) is 0 Å². The molecule has 20 heavy (non-hydrogen) atoms. The number of nitrogens with one attached hydrogen (secondary N) is 1. The second-order valence-electron chi connectivity index (χ2n) is 5.55. The Morgan fingerprint density at radius 3 is 2.85 bits per heavy atom. The van der Waals surface area contributed by atoms with Gasteiger partial charge in [-0.3, -0.25) is 4.79 Å². The van der Waals surface area contributed by atoms with Gasteiger partial charge >= 0.3 is 5.97 Å². The molecule has 0 saturated heterocycles. The minimum absolute atomic E-state index is 0.164. The molecule has 112 valence electrons. The molecule has 6 nitrogen and oxygen atoms in total. The minimum Gasteiger partial charge on any atom is -0.468 e. The third-order valence-corrected chi connectivity index (χ3v) is 4.03. The maximum Gasteiger partial charge on any atom is 0.326 e. The number of carbonyl (C=O) groups is 1. The summed E-state index contributed by atoms with van der Waals surface area (Å²) >= 11 is 0. The van der Waals surface area contributed by atoms with Crippen LogP contribution in [0.5, 0.6) is 0 Å². The van der Waals surface area contributed by atoms with E-state index in [4.69, 9.17) is 4.74 Å². The summed E-state index contributed by atoms with van der Waals surface area (Å²) in [5.74, 6) is 1.52. The van der Waals surface area contributed by atoms with Crippen LogP contribution in [0.25, 0.3) is 0 Å². The van der Waals surface area contributed by atoms with E-state index in [1.807, 2.05) is 18.5 Å². The molecule has 0 aliphatic heterocycles. The number of hydrogen-bond donors (Lipinski definition) is 1. The molecule has 1 fully saturated rings. The van der Waals surface area contributed by atoms with Gasteiger partial charge in [0.15, 0.2) is 0 Å². The van der Waals surface area contributed by atoms with Crippen LogP contribution in [0, 0.1) is 13.8 Å². The van der Waals surface area contributed by atoms with Gasteiger partial charge in [0, 0.05) is 0 Å². The SMILES string of the molecule is CCCNC1(C(=O)OC)CCC(n2nc(C)nc2C)C1. The molecule has 1 heterocycles. The van der Waals surface area contributed by atoms with Crippen molar-refractivity contribution in [3.05, 3.63) is 11.6 Å². The van der Waals surface area contributed by atoms with Crippen molar-refractivity contribution in [3.63, 3.8) is 0 Å². The monoisotopic (exact) mass is 280 g/mol. The molecule has 0 amide bonds. The van der Waals surface area contributed by atoms with E-state index in [-0.39, 0.29) is 12.0 Å². The Morgan fingerprint density at radius 1 is 1.55 bits per heavy atom. The molecule has 1 N–H and O–H groups in total. The van der Waals surface area contributed by atoms with Crippen molar-refractivity contribution in [3.8, 4) is 0 Å². The van der Waals surface area contributed by atoms with E-state index in [9.17, 15) is 4.79 Å². The van der Waals surface area contributed by atoms with Crippen molar-refractivity contribution in [2.24, 2.45) is 0 Å². The standard InChI is InChI=1S/C14H24N4O2/c1-5-8-15-14(13(19)20-4)7-6-12(9-14)18-11(3)16-10(2)17-18/h12,15H,5-9H2,1-4H3. The van der Waals surface area contributed by atoms with Gasteiger partial charge in [0.1, 0.15) is 17.2 Å². The second kappa shape index (κ2) is 5.91. The smallest absolute Gasteiger partial charge is 0.326 e. The number of carbonyl (C=O) groups excluding carboxylic acids is 1. The van der Waals surface area contributed by atoms with Gasteiger partial charge in [-0.05, 0) is 46.1 Å². The van der Waals surface area contributed by atoms with Gasteiger partial charge in [-0.2, -0.15) is 5.10 Å². The van der Waals surface area contributed by atoms with Gasteiger partial charge in [-0.15, -0.1) is 0 Å². The molecular formula is C14H24N4O2. The van der Waals surface area contributed by atoms with E-state index in [0.29, 0.717) is 6.42 Å². The lowest BCUT2D eigenvalue weighted by molar-refractivity contribution is -0.148. The average Bonchev–Trinajstić information content (AvgIpc) is 3.00. The van der Waals surface area contributed by atoms with E-state index >= 15 is 0 Å². The highest BCUT2D eigenvalue weighted by atomic mass is 16.5. The molecule has 1 aliphatic rings. The van der Waals surface area contributed by atoms with Crippen molar-refractivity contribution in [2.45, 2.75) is 58.0 Å². The first-order valence-electron chi connectivity index (χ1n) is 7.25. The lowest BCUT2D eigenvalue weighted by Gasteiger charge is -2.27. The van der Waals surface area contributed by atoms with Crippen molar-refractivity contribution in [1.29, 1.82) is 0 Å². The zero-order valence-electron chi connectivity index (χ0n) is 12.8. The highest BCUT2D eigenvalue weighted by Crippen LogP contribution is 2.38. The molecule has 1 aromatic heterocycles. The molecule has 1 aliphatic carbocycles. The van der Waals surface area contributed by atoms with E-state index in [2.05, 4.69) is 22.3 Å². The van der Waals surface area contributed by atoms with Gasteiger partial charge in [0.05, 0.1) is 13.2 Å². The van der Waals surface area contributed by atoms with Crippen molar-refractivity contribution in [1.82, 2.24) is 20.1 Å². The summed E-state index contributed by atoms with van der Waals surface area (Å²) in [5, 5.41) is 7.83. The van der Waals surface area contributed by atoms with Crippen LogP contribution in [0.15, 0.2) is 0 Å². The van der Waals surface area contributed by atoms with Gasteiger partial charge in [0.2, 0.25) is 0 Å². The largest absolute Gasteiger partial charge is 0.468 e.